The van der Waals surface area contributed by atoms with Crippen LogP contribution in [0.3, 0.4) is 0 Å². The zero-order chi connectivity index (χ0) is 13.7. The van der Waals surface area contributed by atoms with E-state index in [0.717, 1.165) is 0 Å². The van der Waals surface area contributed by atoms with Crippen molar-refractivity contribution >= 4 is 5.78 Å². The van der Waals surface area contributed by atoms with Crippen LogP contribution in [-0.2, 0) is 0 Å². The Hall–Kier alpha value is -1.82. The lowest BCUT2D eigenvalue weighted by atomic mass is 10.1. The Bertz CT molecular complexity index is 448. The first-order valence-electron chi connectivity index (χ1n) is 5.26. The van der Waals surface area contributed by atoms with Gasteiger partial charge in [-0.05, 0) is 13.1 Å². The molecule has 0 spiro atoms. The molecular formula is C12H16FNO4. The van der Waals surface area contributed by atoms with Gasteiger partial charge >= 0.3 is 0 Å². The minimum absolute atomic E-state index is 0.0747. The zero-order valence-electron chi connectivity index (χ0n) is 10.8. The first-order valence-corrected chi connectivity index (χ1v) is 5.26. The highest BCUT2D eigenvalue weighted by Gasteiger charge is 2.23. The highest BCUT2D eigenvalue weighted by molar-refractivity contribution is 6.01. The molecule has 100 valence electrons. The Morgan fingerprint density at radius 1 is 1.22 bits per heavy atom. The van der Waals surface area contributed by atoms with Gasteiger partial charge in [-0.1, -0.05) is 0 Å². The second-order valence-corrected chi connectivity index (χ2v) is 3.46. The fourth-order valence-corrected chi connectivity index (χ4v) is 1.60. The van der Waals surface area contributed by atoms with Gasteiger partial charge in [0.05, 0.1) is 33.4 Å². The van der Waals surface area contributed by atoms with Gasteiger partial charge in [-0.3, -0.25) is 4.79 Å². The molecule has 0 atom stereocenters. The molecule has 0 aliphatic carbocycles. The lowest BCUT2D eigenvalue weighted by molar-refractivity contribution is 0.0989. The average molecular weight is 257 g/mol. The quantitative estimate of drug-likeness (QED) is 0.777. The average Bonchev–Trinajstić information content (AvgIpc) is 2.37. The van der Waals surface area contributed by atoms with Gasteiger partial charge in [0.25, 0.3) is 0 Å². The van der Waals surface area contributed by atoms with Crippen LogP contribution in [0.2, 0.25) is 0 Å². The van der Waals surface area contributed by atoms with E-state index in [1.54, 1.807) is 7.05 Å². The Morgan fingerprint density at radius 2 is 1.83 bits per heavy atom. The number of rotatable bonds is 6. The molecule has 1 aromatic carbocycles. The van der Waals surface area contributed by atoms with Crippen LogP contribution in [0.5, 0.6) is 17.2 Å². The van der Waals surface area contributed by atoms with Crippen LogP contribution in [-0.4, -0.2) is 40.7 Å². The molecule has 0 aromatic heterocycles. The number of carbonyl (C=O) groups excluding carboxylic acids is 1. The van der Waals surface area contributed by atoms with Crippen LogP contribution in [0.15, 0.2) is 6.07 Å². The smallest absolute Gasteiger partial charge is 0.211 e. The largest absolute Gasteiger partial charge is 0.493 e. The topological polar surface area (TPSA) is 56.8 Å². The fourth-order valence-electron chi connectivity index (χ4n) is 1.60. The maximum Gasteiger partial charge on any atom is 0.211 e. The van der Waals surface area contributed by atoms with E-state index in [1.807, 2.05) is 0 Å². The third kappa shape index (κ3) is 2.53. The summed E-state index contributed by atoms with van der Waals surface area (Å²) in [6, 6.07) is 1.40. The Balaban J connectivity index is 3.42. The summed E-state index contributed by atoms with van der Waals surface area (Å²) in [6.07, 6.45) is 0. The fraction of sp³-hybridized carbons (Fsp3) is 0.417. The summed E-state index contributed by atoms with van der Waals surface area (Å²) in [5.41, 5.74) is 0.113. The van der Waals surface area contributed by atoms with E-state index in [9.17, 15) is 9.18 Å². The summed E-state index contributed by atoms with van der Waals surface area (Å²) < 4.78 is 28.9. The Kier molecular flexibility index (Phi) is 4.91. The summed E-state index contributed by atoms with van der Waals surface area (Å²) in [6.45, 7) is 0.0747. The second kappa shape index (κ2) is 6.20. The van der Waals surface area contributed by atoms with Crippen LogP contribution in [0.4, 0.5) is 4.39 Å². The lowest BCUT2D eigenvalue weighted by Gasteiger charge is -2.14. The van der Waals surface area contributed by atoms with Crippen molar-refractivity contribution in [2.45, 2.75) is 0 Å². The van der Waals surface area contributed by atoms with Crippen LogP contribution in [0, 0.1) is 5.82 Å². The molecule has 0 aliphatic heterocycles. The Morgan fingerprint density at radius 3 is 2.28 bits per heavy atom. The van der Waals surface area contributed by atoms with Gasteiger partial charge in [-0.15, -0.1) is 0 Å². The molecule has 0 fully saturated rings. The summed E-state index contributed by atoms with van der Waals surface area (Å²) in [4.78, 5) is 11.8. The number of benzene rings is 1. The summed E-state index contributed by atoms with van der Waals surface area (Å²) in [7, 11) is 5.60. The summed E-state index contributed by atoms with van der Waals surface area (Å²) in [5.74, 6) is -1.13. The standard InChI is InChI=1S/C12H16FNO4/c1-14-6-8(15)7-5-9(16-2)12(18-4)10(13)11(7)17-3/h5,14H,6H2,1-4H3. The number of hydrogen-bond acceptors (Lipinski definition) is 5. The molecule has 5 nitrogen and oxygen atoms in total. The van der Waals surface area contributed by atoms with Crippen molar-refractivity contribution in [1.82, 2.24) is 5.32 Å². The number of halogens is 1. The van der Waals surface area contributed by atoms with Crippen molar-refractivity contribution in [2.75, 3.05) is 34.9 Å². The van der Waals surface area contributed by atoms with Gasteiger partial charge in [-0.2, -0.15) is 4.39 Å². The predicted octanol–water partition coefficient (Wildman–Crippen LogP) is 1.25. The number of Topliss-reactive ketones (excluding diaryl/α,β-unsaturated/α-hetero) is 1. The van der Waals surface area contributed by atoms with Gasteiger partial charge < -0.3 is 19.5 Å². The second-order valence-electron chi connectivity index (χ2n) is 3.46. The third-order valence-corrected chi connectivity index (χ3v) is 2.41. The molecule has 0 heterocycles. The molecule has 0 aliphatic rings. The molecule has 0 saturated carbocycles. The van der Waals surface area contributed by atoms with E-state index in [-0.39, 0.29) is 35.1 Å². The van der Waals surface area contributed by atoms with Crippen molar-refractivity contribution in [2.24, 2.45) is 0 Å². The third-order valence-electron chi connectivity index (χ3n) is 2.41. The number of ether oxygens (including phenoxy) is 3. The van der Waals surface area contributed by atoms with Crippen molar-refractivity contribution in [3.8, 4) is 17.2 Å². The van der Waals surface area contributed by atoms with Crippen LogP contribution < -0.4 is 19.5 Å². The van der Waals surface area contributed by atoms with Gasteiger partial charge in [0.1, 0.15) is 0 Å². The SMILES string of the molecule is CNCC(=O)c1cc(OC)c(OC)c(F)c1OC. The molecular weight excluding hydrogens is 241 g/mol. The molecule has 18 heavy (non-hydrogen) atoms. The number of carbonyl (C=O) groups is 1. The number of methoxy groups -OCH3 is 3. The van der Waals surface area contributed by atoms with E-state index in [0.29, 0.717) is 0 Å². The highest BCUT2D eigenvalue weighted by atomic mass is 19.1. The van der Waals surface area contributed by atoms with Crippen molar-refractivity contribution in [3.63, 3.8) is 0 Å². The highest BCUT2D eigenvalue weighted by Crippen LogP contribution is 2.38. The minimum Gasteiger partial charge on any atom is -0.493 e. The Labute approximate surface area is 105 Å². The van der Waals surface area contributed by atoms with Crippen molar-refractivity contribution in [3.05, 3.63) is 17.4 Å². The van der Waals surface area contributed by atoms with Crippen LogP contribution in [0.25, 0.3) is 0 Å². The van der Waals surface area contributed by atoms with Gasteiger partial charge in [0.15, 0.2) is 17.3 Å². The van der Waals surface area contributed by atoms with E-state index >= 15 is 0 Å². The minimum atomic E-state index is -0.751. The number of nitrogens with one attached hydrogen (secondary N) is 1. The van der Waals surface area contributed by atoms with Gasteiger partial charge in [-0.25, -0.2) is 0 Å². The molecule has 0 unspecified atom stereocenters. The molecule has 0 amide bonds. The molecule has 6 heteroatoms. The predicted molar refractivity (Wildman–Crippen MR) is 64.3 cm³/mol. The van der Waals surface area contributed by atoms with Gasteiger partial charge in [0.2, 0.25) is 11.6 Å². The summed E-state index contributed by atoms with van der Waals surface area (Å²) in [5, 5.41) is 2.70. The van der Waals surface area contributed by atoms with Crippen molar-refractivity contribution < 1.29 is 23.4 Å². The summed E-state index contributed by atoms with van der Waals surface area (Å²) >= 11 is 0. The molecule has 0 saturated heterocycles. The van der Waals surface area contributed by atoms with Crippen molar-refractivity contribution in [1.29, 1.82) is 0 Å². The maximum absolute atomic E-state index is 14.1. The number of hydrogen-bond donors (Lipinski definition) is 1. The molecule has 1 rings (SSSR count). The van der Waals surface area contributed by atoms with E-state index < -0.39 is 5.82 Å². The zero-order valence-corrected chi connectivity index (χ0v) is 10.8. The molecule has 0 radical (unpaired) electrons. The number of ketones is 1. The van der Waals surface area contributed by atoms with Crippen LogP contribution in [0.1, 0.15) is 10.4 Å². The van der Waals surface area contributed by atoms with Crippen LogP contribution >= 0.6 is 0 Å². The molecule has 0 bridgehead atoms. The lowest BCUT2D eigenvalue weighted by Crippen LogP contribution is -2.19. The first kappa shape index (κ1) is 14.2. The van der Waals surface area contributed by atoms with E-state index in [4.69, 9.17) is 14.2 Å². The first-order chi connectivity index (χ1) is 8.60. The van der Waals surface area contributed by atoms with Gasteiger partial charge in [0, 0.05) is 0 Å². The normalized spacial score (nSPS) is 10.1. The molecule has 1 aromatic rings. The monoisotopic (exact) mass is 257 g/mol. The molecule has 1 N–H and O–H groups in total. The maximum atomic E-state index is 14.1. The number of likely N-dealkylation sites (N-methyl/N-ethyl adjacent to an activating group) is 1. The van der Waals surface area contributed by atoms with E-state index in [2.05, 4.69) is 5.32 Å². The van der Waals surface area contributed by atoms with E-state index in [1.165, 1.54) is 27.4 Å².